The summed E-state index contributed by atoms with van der Waals surface area (Å²) in [6.07, 6.45) is 1.59. The van der Waals surface area contributed by atoms with Crippen LogP contribution in [0.15, 0.2) is 6.20 Å². The molecule has 1 aromatic heterocycles. The highest BCUT2D eigenvalue weighted by atomic mass is 16.2. The monoisotopic (exact) mass is 197 g/mol. The Kier molecular flexibility index (Phi) is 2.82. The number of aryl methyl sites for hydroxylation is 2. The zero-order valence-corrected chi connectivity index (χ0v) is 7.87. The minimum absolute atomic E-state index is 0.487. The largest absolute Gasteiger partial charge is 0.323 e. The van der Waals surface area contributed by atoms with E-state index in [1.54, 1.807) is 25.6 Å². The van der Waals surface area contributed by atoms with Crippen LogP contribution in [0.3, 0.4) is 0 Å². The van der Waals surface area contributed by atoms with Gasteiger partial charge in [0, 0.05) is 13.2 Å². The lowest BCUT2D eigenvalue weighted by atomic mass is 10.4. The lowest BCUT2D eigenvalue weighted by Gasteiger charge is -2.00. The maximum atomic E-state index is 11.1. The van der Waals surface area contributed by atoms with Crippen LogP contribution in [0.25, 0.3) is 0 Å². The molecular weight excluding hydrogens is 186 g/mol. The molecule has 14 heavy (non-hydrogen) atoms. The minimum atomic E-state index is -0.895. The van der Waals surface area contributed by atoms with Crippen molar-refractivity contribution in [2.24, 2.45) is 12.9 Å². The number of aromatic nitrogens is 2. The first-order valence-electron chi connectivity index (χ1n) is 3.86. The van der Waals surface area contributed by atoms with Crippen molar-refractivity contribution in [2.75, 3.05) is 5.32 Å². The molecule has 0 aromatic carbocycles. The Hall–Kier alpha value is -1.89. The van der Waals surface area contributed by atoms with E-state index < -0.39 is 11.8 Å². The molecule has 2 amide bonds. The highest BCUT2D eigenvalue weighted by Gasteiger charge is 2.14. The Bertz CT molecular complexity index is 370. The van der Waals surface area contributed by atoms with E-state index in [9.17, 15) is 9.59 Å². The SMILES string of the molecule is Cc1nn(C)cc1NC(=O)C(=O)NN. The molecule has 7 nitrogen and oxygen atoms in total. The van der Waals surface area contributed by atoms with Gasteiger partial charge in [-0.1, -0.05) is 0 Å². The number of nitrogens with one attached hydrogen (secondary N) is 2. The van der Waals surface area contributed by atoms with Gasteiger partial charge in [-0.25, -0.2) is 5.84 Å². The van der Waals surface area contributed by atoms with Crippen LogP contribution in [0.4, 0.5) is 5.69 Å². The third-order valence-corrected chi connectivity index (χ3v) is 1.60. The first-order chi connectivity index (χ1) is 6.54. The van der Waals surface area contributed by atoms with E-state index >= 15 is 0 Å². The topological polar surface area (TPSA) is 102 Å². The molecule has 0 aliphatic rings. The quantitative estimate of drug-likeness (QED) is 0.224. The molecular formula is C7H11N5O2. The van der Waals surface area contributed by atoms with Gasteiger partial charge in [0.1, 0.15) is 0 Å². The lowest BCUT2D eigenvalue weighted by Crippen LogP contribution is -2.39. The van der Waals surface area contributed by atoms with Crippen molar-refractivity contribution in [3.8, 4) is 0 Å². The van der Waals surface area contributed by atoms with Gasteiger partial charge in [-0.3, -0.25) is 19.7 Å². The van der Waals surface area contributed by atoms with E-state index in [0.717, 1.165) is 0 Å². The molecule has 0 unspecified atom stereocenters. The summed E-state index contributed by atoms with van der Waals surface area (Å²) in [5, 5.41) is 6.36. The van der Waals surface area contributed by atoms with Crippen molar-refractivity contribution in [2.45, 2.75) is 6.92 Å². The van der Waals surface area contributed by atoms with Gasteiger partial charge in [0.25, 0.3) is 0 Å². The molecule has 1 rings (SSSR count). The Labute approximate surface area is 80.2 Å². The molecule has 0 aliphatic heterocycles. The Morgan fingerprint density at radius 1 is 1.50 bits per heavy atom. The summed E-state index contributed by atoms with van der Waals surface area (Å²) in [7, 11) is 1.71. The molecule has 0 aliphatic carbocycles. The zero-order chi connectivity index (χ0) is 10.7. The maximum Gasteiger partial charge on any atom is 0.323 e. The standard InChI is InChI=1S/C7H11N5O2/c1-4-5(3-12(2)11-4)9-6(13)7(14)10-8/h3H,8H2,1-2H3,(H,9,13)(H,10,14). The third-order valence-electron chi connectivity index (χ3n) is 1.60. The summed E-state index contributed by atoms with van der Waals surface area (Å²) in [5.74, 6) is 3.08. The van der Waals surface area contributed by atoms with Gasteiger partial charge in [0.05, 0.1) is 11.4 Å². The summed E-state index contributed by atoms with van der Waals surface area (Å²) in [6, 6.07) is 0. The van der Waals surface area contributed by atoms with Gasteiger partial charge < -0.3 is 5.32 Å². The van der Waals surface area contributed by atoms with Crippen LogP contribution in [-0.4, -0.2) is 21.6 Å². The Balaban J connectivity index is 2.74. The van der Waals surface area contributed by atoms with Gasteiger partial charge in [0.2, 0.25) is 0 Å². The second-order valence-corrected chi connectivity index (χ2v) is 2.73. The predicted molar refractivity (Wildman–Crippen MR) is 48.9 cm³/mol. The number of rotatable bonds is 1. The van der Waals surface area contributed by atoms with Crippen LogP contribution in [0.1, 0.15) is 5.69 Å². The number of hydrogen-bond donors (Lipinski definition) is 3. The molecule has 0 saturated carbocycles. The molecule has 76 valence electrons. The highest BCUT2D eigenvalue weighted by molar-refractivity contribution is 6.39. The Morgan fingerprint density at radius 2 is 2.14 bits per heavy atom. The second kappa shape index (κ2) is 3.88. The fourth-order valence-corrected chi connectivity index (χ4v) is 0.967. The molecule has 0 radical (unpaired) electrons. The van der Waals surface area contributed by atoms with E-state index in [1.165, 1.54) is 4.68 Å². The van der Waals surface area contributed by atoms with Crippen LogP contribution >= 0.6 is 0 Å². The molecule has 4 N–H and O–H groups in total. The van der Waals surface area contributed by atoms with Crippen LogP contribution in [0.2, 0.25) is 0 Å². The third kappa shape index (κ3) is 2.07. The first-order valence-corrected chi connectivity index (χ1v) is 3.86. The van der Waals surface area contributed by atoms with Gasteiger partial charge >= 0.3 is 11.8 Å². The van der Waals surface area contributed by atoms with Crippen LogP contribution in [0.5, 0.6) is 0 Å². The lowest BCUT2D eigenvalue weighted by molar-refractivity contribution is -0.136. The summed E-state index contributed by atoms with van der Waals surface area (Å²) in [4.78, 5) is 21.8. The van der Waals surface area contributed by atoms with Gasteiger partial charge in [-0.2, -0.15) is 5.10 Å². The van der Waals surface area contributed by atoms with E-state index in [4.69, 9.17) is 5.84 Å². The normalized spacial score (nSPS) is 9.64. The summed E-state index contributed by atoms with van der Waals surface area (Å²) >= 11 is 0. The van der Waals surface area contributed by atoms with Gasteiger partial charge in [0.15, 0.2) is 0 Å². The number of carbonyl (C=O) groups excluding carboxylic acids is 2. The van der Waals surface area contributed by atoms with E-state index in [1.807, 2.05) is 0 Å². The van der Waals surface area contributed by atoms with Crippen molar-refractivity contribution in [1.29, 1.82) is 0 Å². The van der Waals surface area contributed by atoms with Crippen molar-refractivity contribution < 1.29 is 9.59 Å². The van der Waals surface area contributed by atoms with Crippen molar-refractivity contribution >= 4 is 17.5 Å². The molecule has 7 heteroatoms. The fraction of sp³-hybridized carbons (Fsp3) is 0.286. The predicted octanol–water partition coefficient (Wildman–Crippen LogP) is -1.34. The van der Waals surface area contributed by atoms with E-state index in [-0.39, 0.29) is 0 Å². The van der Waals surface area contributed by atoms with E-state index in [2.05, 4.69) is 10.4 Å². The van der Waals surface area contributed by atoms with Crippen LogP contribution < -0.4 is 16.6 Å². The van der Waals surface area contributed by atoms with Crippen molar-refractivity contribution in [1.82, 2.24) is 15.2 Å². The summed E-state index contributed by atoms with van der Waals surface area (Å²) < 4.78 is 1.53. The van der Waals surface area contributed by atoms with Crippen LogP contribution in [0, 0.1) is 6.92 Å². The zero-order valence-electron chi connectivity index (χ0n) is 7.87. The molecule has 1 aromatic rings. The number of amides is 2. The second-order valence-electron chi connectivity index (χ2n) is 2.73. The summed E-state index contributed by atoms with van der Waals surface area (Å²) in [6.45, 7) is 1.72. The first kappa shape index (κ1) is 10.2. The molecule has 0 saturated heterocycles. The molecule has 0 atom stereocenters. The number of anilines is 1. The van der Waals surface area contributed by atoms with Gasteiger partial charge in [-0.05, 0) is 6.92 Å². The average molecular weight is 197 g/mol. The van der Waals surface area contributed by atoms with Gasteiger partial charge in [-0.15, -0.1) is 0 Å². The number of hydrogen-bond acceptors (Lipinski definition) is 4. The number of hydrazine groups is 1. The Morgan fingerprint density at radius 3 is 2.57 bits per heavy atom. The van der Waals surface area contributed by atoms with Crippen molar-refractivity contribution in [3.63, 3.8) is 0 Å². The maximum absolute atomic E-state index is 11.1. The molecule has 0 spiro atoms. The molecule has 0 fully saturated rings. The smallest absolute Gasteiger partial charge is 0.315 e. The number of nitrogens with two attached hydrogens (primary N) is 1. The number of nitrogens with zero attached hydrogens (tertiary/aromatic N) is 2. The highest BCUT2D eigenvalue weighted by Crippen LogP contribution is 2.10. The molecule has 0 bridgehead atoms. The van der Waals surface area contributed by atoms with Crippen LogP contribution in [-0.2, 0) is 16.6 Å². The average Bonchev–Trinajstić information content (AvgIpc) is 2.44. The molecule has 1 heterocycles. The van der Waals surface area contributed by atoms with E-state index in [0.29, 0.717) is 11.4 Å². The number of carbonyl (C=O) groups is 2. The van der Waals surface area contributed by atoms with Crippen molar-refractivity contribution in [3.05, 3.63) is 11.9 Å². The minimum Gasteiger partial charge on any atom is -0.315 e. The fourth-order valence-electron chi connectivity index (χ4n) is 0.967. The summed E-state index contributed by atoms with van der Waals surface area (Å²) in [5.41, 5.74) is 2.85.